The van der Waals surface area contributed by atoms with Gasteiger partial charge in [-0.15, -0.1) is 0 Å². The minimum Gasteiger partial charge on any atom is -0.444 e. The Bertz CT molecular complexity index is 861. The van der Waals surface area contributed by atoms with Gasteiger partial charge in [0.25, 0.3) is 5.56 Å². The van der Waals surface area contributed by atoms with Gasteiger partial charge in [0.05, 0.1) is 11.9 Å². The molecule has 0 saturated carbocycles. The van der Waals surface area contributed by atoms with Gasteiger partial charge in [0.15, 0.2) is 5.65 Å². The van der Waals surface area contributed by atoms with Crippen LogP contribution in [0.2, 0.25) is 0 Å². The molecule has 7 heteroatoms. The topological polar surface area (TPSA) is 88.2 Å². The minimum absolute atomic E-state index is 0.105. The van der Waals surface area contributed by atoms with E-state index in [0.29, 0.717) is 24.3 Å². The van der Waals surface area contributed by atoms with Crippen molar-refractivity contribution in [1.82, 2.24) is 19.9 Å². The van der Waals surface area contributed by atoms with E-state index in [1.54, 1.807) is 11.1 Å². The lowest BCUT2D eigenvalue weighted by molar-refractivity contribution is 0.0204. The molecule has 0 atom stereocenters. The smallest absolute Gasteiger partial charge is 0.410 e. The van der Waals surface area contributed by atoms with E-state index in [2.05, 4.69) is 15.0 Å². The molecule has 0 aliphatic carbocycles. The normalized spacial score (nSPS) is 16.1. The van der Waals surface area contributed by atoms with Crippen LogP contribution in [0.15, 0.2) is 17.1 Å². The third-order valence-electron chi connectivity index (χ3n) is 4.58. The van der Waals surface area contributed by atoms with Crippen molar-refractivity contribution < 1.29 is 9.53 Å². The highest BCUT2D eigenvalue weighted by molar-refractivity contribution is 5.70. The van der Waals surface area contributed by atoms with Gasteiger partial charge in [-0.1, -0.05) is 6.92 Å². The molecule has 7 nitrogen and oxygen atoms in total. The first-order valence-corrected chi connectivity index (χ1v) is 9.13. The molecule has 1 amide bonds. The number of carbonyl (C=O) groups is 1. The van der Waals surface area contributed by atoms with E-state index in [9.17, 15) is 9.59 Å². The summed E-state index contributed by atoms with van der Waals surface area (Å²) < 4.78 is 5.43. The highest BCUT2D eigenvalue weighted by atomic mass is 16.6. The Labute approximate surface area is 152 Å². The van der Waals surface area contributed by atoms with Crippen molar-refractivity contribution in [2.24, 2.45) is 0 Å². The molecule has 1 aliphatic heterocycles. The number of aromatic amines is 1. The Morgan fingerprint density at radius 2 is 2.04 bits per heavy atom. The van der Waals surface area contributed by atoms with E-state index < -0.39 is 5.60 Å². The van der Waals surface area contributed by atoms with Crippen LogP contribution in [-0.4, -0.2) is 44.6 Å². The summed E-state index contributed by atoms with van der Waals surface area (Å²) in [6, 6.07) is 1.86. The van der Waals surface area contributed by atoms with Crippen LogP contribution in [0.5, 0.6) is 0 Å². The number of likely N-dealkylation sites (tertiary alicyclic amines) is 1. The fourth-order valence-corrected chi connectivity index (χ4v) is 3.20. The molecule has 1 fully saturated rings. The first kappa shape index (κ1) is 18.4. The molecule has 1 N–H and O–H groups in total. The van der Waals surface area contributed by atoms with Crippen molar-refractivity contribution in [2.45, 2.75) is 58.5 Å². The van der Waals surface area contributed by atoms with Crippen LogP contribution in [-0.2, 0) is 11.2 Å². The zero-order chi connectivity index (χ0) is 18.9. The zero-order valence-corrected chi connectivity index (χ0v) is 15.8. The fraction of sp³-hybridized carbons (Fsp3) is 0.579. The van der Waals surface area contributed by atoms with E-state index in [-0.39, 0.29) is 17.6 Å². The van der Waals surface area contributed by atoms with Crippen LogP contribution in [0.4, 0.5) is 4.79 Å². The van der Waals surface area contributed by atoms with Crippen molar-refractivity contribution in [3.63, 3.8) is 0 Å². The van der Waals surface area contributed by atoms with Crippen LogP contribution in [0, 0.1) is 0 Å². The summed E-state index contributed by atoms with van der Waals surface area (Å²) in [6.45, 7) is 8.76. The Kier molecular flexibility index (Phi) is 4.98. The highest BCUT2D eigenvalue weighted by Crippen LogP contribution is 2.27. The molecule has 2 aromatic heterocycles. The Hall–Kier alpha value is -2.44. The number of H-pyrrole nitrogens is 1. The van der Waals surface area contributed by atoms with Gasteiger partial charge in [-0.2, -0.15) is 0 Å². The molecule has 0 radical (unpaired) electrons. The number of piperidine rings is 1. The molecule has 26 heavy (non-hydrogen) atoms. The number of nitrogens with zero attached hydrogens (tertiary/aromatic N) is 3. The molecule has 140 valence electrons. The molecule has 0 spiro atoms. The molecule has 1 aliphatic rings. The highest BCUT2D eigenvalue weighted by Gasteiger charge is 2.28. The van der Waals surface area contributed by atoms with Crippen molar-refractivity contribution in [1.29, 1.82) is 0 Å². The van der Waals surface area contributed by atoms with Crippen LogP contribution in [0.3, 0.4) is 0 Å². The fourth-order valence-electron chi connectivity index (χ4n) is 3.20. The van der Waals surface area contributed by atoms with Gasteiger partial charge < -0.3 is 14.6 Å². The number of aryl methyl sites for hydroxylation is 1. The van der Waals surface area contributed by atoms with Crippen LogP contribution in [0.25, 0.3) is 11.2 Å². The molecule has 3 rings (SSSR count). The van der Waals surface area contributed by atoms with Crippen molar-refractivity contribution in [2.75, 3.05) is 13.1 Å². The Balaban J connectivity index is 1.76. The summed E-state index contributed by atoms with van der Waals surface area (Å²) in [5, 5.41) is 0. The first-order valence-electron chi connectivity index (χ1n) is 9.13. The predicted molar refractivity (Wildman–Crippen MR) is 99.3 cm³/mol. The number of amides is 1. The molecule has 3 heterocycles. The number of hydrogen-bond acceptors (Lipinski definition) is 5. The lowest BCUT2D eigenvalue weighted by Crippen LogP contribution is -2.41. The number of ether oxygens (including phenoxy) is 1. The van der Waals surface area contributed by atoms with E-state index >= 15 is 0 Å². The lowest BCUT2D eigenvalue weighted by atomic mass is 9.90. The van der Waals surface area contributed by atoms with Gasteiger partial charge in [0, 0.05) is 18.7 Å². The number of rotatable bonds is 2. The summed E-state index contributed by atoms with van der Waals surface area (Å²) in [6.07, 6.45) is 3.66. The first-order chi connectivity index (χ1) is 12.3. The van der Waals surface area contributed by atoms with Gasteiger partial charge in [-0.05, 0) is 52.0 Å². The molecule has 0 unspecified atom stereocenters. The molecular weight excluding hydrogens is 332 g/mol. The second kappa shape index (κ2) is 7.05. The number of fused-ring (bicyclic) bond motifs is 1. The maximum atomic E-state index is 12.5. The summed E-state index contributed by atoms with van der Waals surface area (Å²) >= 11 is 0. The number of pyridine rings is 1. The Morgan fingerprint density at radius 1 is 1.35 bits per heavy atom. The predicted octanol–water partition coefficient (Wildman–Crippen LogP) is 3.00. The average molecular weight is 358 g/mol. The van der Waals surface area contributed by atoms with Gasteiger partial charge >= 0.3 is 6.09 Å². The van der Waals surface area contributed by atoms with Gasteiger partial charge in [0.2, 0.25) is 0 Å². The number of nitrogens with one attached hydrogen (secondary N) is 1. The van der Waals surface area contributed by atoms with E-state index in [0.717, 1.165) is 30.5 Å². The largest absolute Gasteiger partial charge is 0.444 e. The van der Waals surface area contributed by atoms with Crippen molar-refractivity contribution >= 4 is 17.3 Å². The zero-order valence-electron chi connectivity index (χ0n) is 15.8. The maximum Gasteiger partial charge on any atom is 0.410 e. The Morgan fingerprint density at radius 3 is 2.65 bits per heavy atom. The average Bonchev–Trinajstić information content (AvgIpc) is 2.59. The number of hydrogen-bond donors (Lipinski definition) is 1. The van der Waals surface area contributed by atoms with E-state index in [1.807, 2.05) is 33.8 Å². The van der Waals surface area contributed by atoms with Crippen LogP contribution in [0.1, 0.15) is 57.7 Å². The second-order valence-corrected chi connectivity index (χ2v) is 7.74. The summed E-state index contributed by atoms with van der Waals surface area (Å²) in [4.78, 5) is 38.0. The monoisotopic (exact) mass is 358 g/mol. The summed E-state index contributed by atoms with van der Waals surface area (Å²) in [7, 11) is 0. The SMILES string of the molecule is CCc1cnc2[nH]c(=O)c(C3CCN(C(=O)OC(C)(C)C)CC3)cc2n1. The molecule has 0 aromatic carbocycles. The van der Waals surface area contributed by atoms with Crippen molar-refractivity contribution in [3.8, 4) is 0 Å². The van der Waals surface area contributed by atoms with E-state index in [1.165, 1.54) is 0 Å². The van der Waals surface area contributed by atoms with Crippen molar-refractivity contribution in [3.05, 3.63) is 33.9 Å². The van der Waals surface area contributed by atoms with Crippen LogP contribution < -0.4 is 5.56 Å². The second-order valence-electron chi connectivity index (χ2n) is 7.74. The van der Waals surface area contributed by atoms with Crippen LogP contribution >= 0.6 is 0 Å². The molecule has 2 aromatic rings. The van der Waals surface area contributed by atoms with Gasteiger partial charge in [-0.25, -0.2) is 14.8 Å². The molecule has 0 bridgehead atoms. The third-order valence-corrected chi connectivity index (χ3v) is 4.58. The third kappa shape index (κ3) is 4.03. The molecule has 1 saturated heterocycles. The lowest BCUT2D eigenvalue weighted by Gasteiger charge is -2.33. The quantitative estimate of drug-likeness (QED) is 0.891. The standard InChI is InChI=1S/C19H26N4O3/c1-5-13-11-20-16-15(21-13)10-14(17(24)22-16)12-6-8-23(9-7-12)18(25)26-19(2,3)4/h10-12H,5-9H2,1-4H3,(H,20,22,24). The maximum absolute atomic E-state index is 12.5. The molecular formula is C19H26N4O3. The summed E-state index contributed by atoms with van der Waals surface area (Å²) in [5.74, 6) is 0.105. The number of aromatic nitrogens is 3. The number of carbonyl (C=O) groups excluding carboxylic acids is 1. The van der Waals surface area contributed by atoms with Gasteiger partial charge in [-0.3, -0.25) is 4.79 Å². The summed E-state index contributed by atoms with van der Waals surface area (Å²) in [5.41, 5.74) is 2.24. The minimum atomic E-state index is -0.501. The van der Waals surface area contributed by atoms with E-state index in [4.69, 9.17) is 4.74 Å². The van der Waals surface area contributed by atoms with Gasteiger partial charge in [0.1, 0.15) is 11.1 Å².